The van der Waals surface area contributed by atoms with Gasteiger partial charge in [0.25, 0.3) is 0 Å². The first-order chi connectivity index (χ1) is 8.26. The van der Waals surface area contributed by atoms with Crippen LogP contribution in [0.2, 0.25) is 0 Å². The molecule has 17 heavy (non-hydrogen) atoms. The fraction of sp³-hybridized carbons (Fsp3) is 0.667. The molecule has 2 N–H and O–H groups in total. The first-order valence-electron chi connectivity index (χ1n) is 5.81. The van der Waals surface area contributed by atoms with Crippen LogP contribution in [0.15, 0.2) is 22.8 Å². The van der Waals surface area contributed by atoms with E-state index in [9.17, 15) is 5.11 Å². The van der Waals surface area contributed by atoms with Crippen LogP contribution in [0.4, 0.5) is 0 Å². The highest BCUT2D eigenvalue weighted by atomic mass is 16.5. The zero-order chi connectivity index (χ0) is 12.1. The standard InChI is InChI=1S/C12H19NO4/c1-15-12(4-6-16-9-12)8-13-7-10(14)11-3-2-5-17-11/h2-3,5,10,13-14H,4,6-9H2,1H3. The lowest BCUT2D eigenvalue weighted by atomic mass is 10.0. The van der Waals surface area contributed by atoms with Gasteiger partial charge in [0.15, 0.2) is 0 Å². The number of aliphatic hydroxyl groups is 1. The molecular weight excluding hydrogens is 222 g/mol. The quantitative estimate of drug-likeness (QED) is 0.768. The van der Waals surface area contributed by atoms with Crippen molar-refractivity contribution in [2.45, 2.75) is 18.1 Å². The molecule has 1 aliphatic rings. The van der Waals surface area contributed by atoms with Gasteiger partial charge < -0.3 is 24.3 Å². The lowest BCUT2D eigenvalue weighted by Crippen LogP contribution is -2.44. The van der Waals surface area contributed by atoms with E-state index >= 15 is 0 Å². The Morgan fingerprint density at radius 2 is 2.53 bits per heavy atom. The molecule has 5 heteroatoms. The fourth-order valence-electron chi connectivity index (χ4n) is 1.98. The summed E-state index contributed by atoms with van der Waals surface area (Å²) < 4.78 is 15.9. The van der Waals surface area contributed by atoms with Crippen molar-refractivity contribution >= 4 is 0 Å². The third kappa shape index (κ3) is 3.07. The summed E-state index contributed by atoms with van der Waals surface area (Å²) in [5, 5.41) is 13.0. The van der Waals surface area contributed by atoms with Gasteiger partial charge in [0.1, 0.15) is 17.5 Å². The monoisotopic (exact) mass is 241 g/mol. The molecule has 1 saturated heterocycles. The summed E-state index contributed by atoms with van der Waals surface area (Å²) in [6, 6.07) is 3.52. The molecule has 2 atom stereocenters. The SMILES string of the molecule is COC1(CNCC(O)c2ccco2)CCOC1. The van der Waals surface area contributed by atoms with Crippen molar-refractivity contribution in [3.05, 3.63) is 24.2 Å². The Kier molecular flexibility index (Phi) is 4.17. The van der Waals surface area contributed by atoms with Crippen molar-refractivity contribution in [3.8, 4) is 0 Å². The average Bonchev–Trinajstić information content (AvgIpc) is 3.01. The van der Waals surface area contributed by atoms with Crippen molar-refractivity contribution in [1.29, 1.82) is 0 Å². The molecular formula is C12H19NO4. The van der Waals surface area contributed by atoms with Crippen molar-refractivity contribution in [3.63, 3.8) is 0 Å². The molecule has 0 saturated carbocycles. The number of nitrogens with one attached hydrogen (secondary N) is 1. The van der Waals surface area contributed by atoms with Crippen LogP contribution in [0.3, 0.4) is 0 Å². The number of ether oxygens (including phenoxy) is 2. The van der Waals surface area contributed by atoms with Gasteiger partial charge in [-0.05, 0) is 12.1 Å². The lowest BCUT2D eigenvalue weighted by molar-refractivity contribution is -0.0176. The molecule has 2 rings (SSSR count). The summed E-state index contributed by atoms with van der Waals surface area (Å²) in [6.07, 6.45) is 1.81. The van der Waals surface area contributed by atoms with Crippen LogP contribution in [-0.2, 0) is 9.47 Å². The second kappa shape index (κ2) is 5.64. The molecule has 96 valence electrons. The van der Waals surface area contributed by atoms with Crippen molar-refractivity contribution in [1.82, 2.24) is 5.32 Å². The lowest BCUT2D eigenvalue weighted by Gasteiger charge is -2.26. The van der Waals surface area contributed by atoms with E-state index in [4.69, 9.17) is 13.9 Å². The van der Waals surface area contributed by atoms with Crippen LogP contribution in [-0.4, -0.2) is 44.1 Å². The van der Waals surface area contributed by atoms with Crippen molar-refractivity contribution < 1.29 is 19.0 Å². The summed E-state index contributed by atoms with van der Waals surface area (Å²) in [5.41, 5.74) is -0.247. The van der Waals surface area contributed by atoms with Crippen LogP contribution in [0, 0.1) is 0 Å². The van der Waals surface area contributed by atoms with Crippen LogP contribution in [0.25, 0.3) is 0 Å². The van der Waals surface area contributed by atoms with Gasteiger partial charge in [-0.2, -0.15) is 0 Å². The second-order valence-corrected chi connectivity index (χ2v) is 4.35. The molecule has 1 aromatic heterocycles. The number of methoxy groups -OCH3 is 1. The molecule has 1 aliphatic heterocycles. The highest BCUT2D eigenvalue weighted by Gasteiger charge is 2.34. The Morgan fingerprint density at radius 1 is 1.65 bits per heavy atom. The molecule has 5 nitrogen and oxygen atoms in total. The zero-order valence-electron chi connectivity index (χ0n) is 10.0. The Morgan fingerprint density at radius 3 is 3.12 bits per heavy atom. The highest BCUT2D eigenvalue weighted by molar-refractivity contribution is 5.02. The van der Waals surface area contributed by atoms with Crippen LogP contribution < -0.4 is 5.32 Å². The van der Waals surface area contributed by atoms with Gasteiger partial charge in [-0.15, -0.1) is 0 Å². The smallest absolute Gasteiger partial charge is 0.133 e. The van der Waals surface area contributed by atoms with E-state index < -0.39 is 6.10 Å². The normalized spacial score (nSPS) is 26.2. The number of hydrogen-bond donors (Lipinski definition) is 2. The predicted octanol–water partition coefficient (Wildman–Crippen LogP) is 0.708. The highest BCUT2D eigenvalue weighted by Crippen LogP contribution is 2.21. The minimum Gasteiger partial charge on any atom is -0.467 e. The maximum absolute atomic E-state index is 9.81. The number of hydrogen-bond acceptors (Lipinski definition) is 5. The summed E-state index contributed by atoms with van der Waals surface area (Å²) in [6.45, 7) is 2.45. The van der Waals surface area contributed by atoms with E-state index in [1.807, 2.05) is 0 Å². The number of furan rings is 1. The van der Waals surface area contributed by atoms with Gasteiger partial charge in [0.05, 0.1) is 12.9 Å². The summed E-state index contributed by atoms with van der Waals surface area (Å²) in [4.78, 5) is 0. The third-order valence-corrected chi connectivity index (χ3v) is 3.16. The molecule has 0 spiro atoms. The summed E-state index contributed by atoms with van der Waals surface area (Å²) in [5.74, 6) is 0.576. The topological polar surface area (TPSA) is 63.9 Å². The third-order valence-electron chi connectivity index (χ3n) is 3.16. The summed E-state index contributed by atoms with van der Waals surface area (Å²) in [7, 11) is 1.69. The van der Waals surface area contributed by atoms with E-state index in [0.29, 0.717) is 25.5 Å². The predicted molar refractivity (Wildman–Crippen MR) is 61.7 cm³/mol. The van der Waals surface area contributed by atoms with Gasteiger partial charge >= 0.3 is 0 Å². The van der Waals surface area contributed by atoms with E-state index in [1.54, 1.807) is 25.5 Å². The number of aliphatic hydroxyl groups excluding tert-OH is 1. The summed E-state index contributed by atoms with van der Waals surface area (Å²) >= 11 is 0. The van der Waals surface area contributed by atoms with Gasteiger partial charge in [0.2, 0.25) is 0 Å². The van der Waals surface area contributed by atoms with Crippen LogP contribution >= 0.6 is 0 Å². The van der Waals surface area contributed by atoms with Crippen LogP contribution in [0.1, 0.15) is 18.3 Å². The molecule has 0 bridgehead atoms. The maximum atomic E-state index is 9.81. The van der Waals surface area contributed by atoms with Crippen molar-refractivity contribution in [2.75, 3.05) is 33.4 Å². The van der Waals surface area contributed by atoms with E-state index in [0.717, 1.165) is 13.0 Å². The molecule has 0 aliphatic carbocycles. The largest absolute Gasteiger partial charge is 0.467 e. The average molecular weight is 241 g/mol. The molecule has 1 aromatic rings. The van der Waals surface area contributed by atoms with Crippen molar-refractivity contribution in [2.24, 2.45) is 0 Å². The molecule has 0 aromatic carbocycles. The molecule has 2 unspecified atom stereocenters. The van der Waals surface area contributed by atoms with Crippen LogP contribution in [0.5, 0.6) is 0 Å². The van der Waals surface area contributed by atoms with E-state index in [1.165, 1.54) is 0 Å². The molecule has 2 heterocycles. The van der Waals surface area contributed by atoms with E-state index in [2.05, 4.69) is 5.32 Å². The minimum atomic E-state index is -0.624. The Labute approximate surface area is 101 Å². The van der Waals surface area contributed by atoms with Gasteiger partial charge in [-0.25, -0.2) is 0 Å². The minimum absolute atomic E-state index is 0.247. The molecule has 0 amide bonds. The Balaban J connectivity index is 1.75. The van der Waals surface area contributed by atoms with Gasteiger partial charge in [-0.3, -0.25) is 0 Å². The maximum Gasteiger partial charge on any atom is 0.133 e. The fourth-order valence-corrected chi connectivity index (χ4v) is 1.98. The number of rotatable bonds is 6. The molecule has 1 fully saturated rings. The zero-order valence-corrected chi connectivity index (χ0v) is 10.0. The Bertz CT molecular complexity index is 319. The Hall–Kier alpha value is -0.880. The first-order valence-corrected chi connectivity index (χ1v) is 5.81. The van der Waals surface area contributed by atoms with E-state index in [-0.39, 0.29) is 5.60 Å². The van der Waals surface area contributed by atoms with Gasteiger partial charge in [-0.1, -0.05) is 0 Å². The first kappa shape index (κ1) is 12.6. The molecule has 0 radical (unpaired) electrons. The second-order valence-electron chi connectivity index (χ2n) is 4.35. The van der Waals surface area contributed by atoms with Gasteiger partial charge in [0, 0.05) is 33.2 Å².